The first-order valence-electron chi connectivity index (χ1n) is 4.98. The standard InChI is InChI=1S/C11H15N3O/c1-8-3-4-11(15-8)10(7-12)14-6-5-13-9(14)2/h3-6,10H,7,12H2,1-2H3. The van der Waals surface area contributed by atoms with Crippen LogP contribution in [0, 0.1) is 13.8 Å². The molecule has 2 aromatic heterocycles. The van der Waals surface area contributed by atoms with Crippen LogP contribution < -0.4 is 5.73 Å². The summed E-state index contributed by atoms with van der Waals surface area (Å²) in [5.74, 6) is 2.73. The van der Waals surface area contributed by atoms with E-state index in [9.17, 15) is 0 Å². The van der Waals surface area contributed by atoms with Gasteiger partial charge < -0.3 is 14.7 Å². The normalized spacial score (nSPS) is 13.0. The molecule has 0 aliphatic rings. The van der Waals surface area contributed by atoms with Gasteiger partial charge in [-0.05, 0) is 26.0 Å². The van der Waals surface area contributed by atoms with Gasteiger partial charge in [0, 0.05) is 18.9 Å². The lowest BCUT2D eigenvalue weighted by Gasteiger charge is -2.15. The van der Waals surface area contributed by atoms with Crippen LogP contribution in [0.15, 0.2) is 28.9 Å². The number of furan rings is 1. The van der Waals surface area contributed by atoms with E-state index in [1.807, 2.05) is 36.7 Å². The Morgan fingerprint density at radius 1 is 1.47 bits per heavy atom. The van der Waals surface area contributed by atoms with Crippen LogP contribution in [0.25, 0.3) is 0 Å². The summed E-state index contributed by atoms with van der Waals surface area (Å²) in [5, 5.41) is 0. The third kappa shape index (κ3) is 1.80. The third-order valence-corrected chi connectivity index (χ3v) is 2.51. The molecule has 0 bridgehead atoms. The lowest BCUT2D eigenvalue weighted by Crippen LogP contribution is -2.20. The first-order chi connectivity index (χ1) is 7.22. The second kappa shape index (κ2) is 3.90. The SMILES string of the molecule is Cc1ccc(C(CN)n2ccnc2C)o1. The van der Waals surface area contributed by atoms with Gasteiger partial charge in [0.15, 0.2) is 0 Å². The van der Waals surface area contributed by atoms with Gasteiger partial charge in [-0.25, -0.2) is 4.98 Å². The minimum absolute atomic E-state index is 0.0428. The molecule has 0 radical (unpaired) electrons. The van der Waals surface area contributed by atoms with Gasteiger partial charge in [-0.15, -0.1) is 0 Å². The zero-order valence-electron chi connectivity index (χ0n) is 8.97. The maximum Gasteiger partial charge on any atom is 0.128 e. The van der Waals surface area contributed by atoms with Gasteiger partial charge in [-0.2, -0.15) is 0 Å². The number of nitrogens with zero attached hydrogens (tertiary/aromatic N) is 2. The predicted octanol–water partition coefficient (Wildman–Crippen LogP) is 1.64. The van der Waals surface area contributed by atoms with Crippen molar-refractivity contribution >= 4 is 0 Å². The quantitative estimate of drug-likeness (QED) is 0.828. The molecule has 0 saturated heterocycles. The van der Waals surface area contributed by atoms with E-state index in [1.165, 1.54) is 0 Å². The van der Waals surface area contributed by atoms with Crippen molar-refractivity contribution in [3.8, 4) is 0 Å². The van der Waals surface area contributed by atoms with E-state index in [0.717, 1.165) is 17.3 Å². The number of nitrogens with two attached hydrogens (primary N) is 1. The monoisotopic (exact) mass is 205 g/mol. The summed E-state index contributed by atoms with van der Waals surface area (Å²) in [7, 11) is 0. The Kier molecular flexibility index (Phi) is 2.60. The molecule has 0 fully saturated rings. The van der Waals surface area contributed by atoms with Crippen molar-refractivity contribution in [2.24, 2.45) is 5.73 Å². The fourth-order valence-electron chi connectivity index (χ4n) is 1.72. The van der Waals surface area contributed by atoms with Crippen LogP contribution >= 0.6 is 0 Å². The molecule has 0 aromatic carbocycles. The second-order valence-corrected chi connectivity index (χ2v) is 3.58. The predicted molar refractivity (Wildman–Crippen MR) is 57.6 cm³/mol. The molecule has 4 heteroatoms. The molecular formula is C11H15N3O. The summed E-state index contributed by atoms with van der Waals surface area (Å²) in [6.45, 7) is 4.39. The van der Waals surface area contributed by atoms with E-state index in [1.54, 1.807) is 6.20 Å². The Bertz CT molecular complexity index is 444. The second-order valence-electron chi connectivity index (χ2n) is 3.58. The fourth-order valence-corrected chi connectivity index (χ4v) is 1.72. The van der Waals surface area contributed by atoms with E-state index in [0.29, 0.717) is 6.54 Å². The van der Waals surface area contributed by atoms with Gasteiger partial charge in [0.05, 0.1) is 0 Å². The molecule has 0 amide bonds. The highest BCUT2D eigenvalue weighted by molar-refractivity contribution is 5.13. The smallest absolute Gasteiger partial charge is 0.128 e. The molecule has 80 valence electrons. The number of aromatic nitrogens is 2. The van der Waals surface area contributed by atoms with Crippen molar-refractivity contribution in [2.75, 3.05) is 6.54 Å². The summed E-state index contributed by atoms with van der Waals surface area (Å²) < 4.78 is 7.61. The first kappa shape index (κ1) is 9.98. The lowest BCUT2D eigenvalue weighted by atomic mass is 10.2. The van der Waals surface area contributed by atoms with Crippen LogP contribution in [0.3, 0.4) is 0 Å². The molecule has 15 heavy (non-hydrogen) atoms. The van der Waals surface area contributed by atoms with Crippen LogP contribution in [0.5, 0.6) is 0 Å². The highest BCUT2D eigenvalue weighted by Gasteiger charge is 2.16. The van der Waals surface area contributed by atoms with Crippen molar-refractivity contribution in [1.82, 2.24) is 9.55 Å². The molecule has 0 aliphatic heterocycles. The Balaban J connectivity index is 2.36. The molecule has 2 rings (SSSR count). The van der Waals surface area contributed by atoms with Gasteiger partial charge in [0.25, 0.3) is 0 Å². The maximum absolute atomic E-state index is 5.77. The van der Waals surface area contributed by atoms with Crippen molar-refractivity contribution < 1.29 is 4.42 Å². The number of imidazole rings is 1. The van der Waals surface area contributed by atoms with Crippen LogP contribution in [0.1, 0.15) is 23.4 Å². The number of aryl methyl sites for hydroxylation is 2. The molecule has 0 spiro atoms. The van der Waals surface area contributed by atoms with E-state index in [-0.39, 0.29) is 6.04 Å². The van der Waals surface area contributed by atoms with Gasteiger partial charge in [-0.1, -0.05) is 0 Å². The van der Waals surface area contributed by atoms with Crippen molar-refractivity contribution in [3.05, 3.63) is 41.9 Å². The average Bonchev–Trinajstić information content (AvgIpc) is 2.79. The summed E-state index contributed by atoms with van der Waals surface area (Å²) in [5.41, 5.74) is 5.77. The van der Waals surface area contributed by atoms with Crippen molar-refractivity contribution in [2.45, 2.75) is 19.9 Å². The number of hydrogen-bond donors (Lipinski definition) is 1. The average molecular weight is 205 g/mol. The Labute approximate surface area is 88.7 Å². The van der Waals surface area contributed by atoms with Gasteiger partial charge in [-0.3, -0.25) is 0 Å². The molecule has 0 aliphatic carbocycles. The number of rotatable bonds is 3. The molecule has 2 aromatic rings. The zero-order chi connectivity index (χ0) is 10.8. The van der Waals surface area contributed by atoms with E-state index in [4.69, 9.17) is 10.2 Å². The van der Waals surface area contributed by atoms with Crippen LogP contribution in [0.4, 0.5) is 0 Å². The van der Waals surface area contributed by atoms with E-state index < -0.39 is 0 Å². The Morgan fingerprint density at radius 3 is 2.73 bits per heavy atom. The summed E-state index contributed by atoms with van der Waals surface area (Å²) in [6.07, 6.45) is 3.69. The van der Waals surface area contributed by atoms with Gasteiger partial charge >= 0.3 is 0 Å². The van der Waals surface area contributed by atoms with Crippen molar-refractivity contribution in [3.63, 3.8) is 0 Å². The Hall–Kier alpha value is -1.55. The largest absolute Gasteiger partial charge is 0.464 e. The third-order valence-electron chi connectivity index (χ3n) is 2.51. The molecule has 1 unspecified atom stereocenters. The summed E-state index contributed by atoms with van der Waals surface area (Å²) in [6, 6.07) is 3.96. The zero-order valence-corrected chi connectivity index (χ0v) is 8.97. The molecular weight excluding hydrogens is 190 g/mol. The minimum atomic E-state index is 0.0428. The highest BCUT2D eigenvalue weighted by Crippen LogP contribution is 2.20. The topological polar surface area (TPSA) is 57.0 Å². The number of hydrogen-bond acceptors (Lipinski definition) is 3. The van der Waals surface area contributed by atoms with E-state index in [2.05, 4.69) is 4.98 Å². The Morgan fingerprint density at radius 2 is 2.27 bits per heavy atom. The van der Waals surface area contributed by atoms with Crippen molar-refractivity contribution in [1.29, 1.82) is 0 Å². The summed E-state index contributed by atoms with van der Waals surface area (Å²) in [4.78, 5) is 4.18. The molecule has 1 atom stereocenters. The van der Waals surface area contributed by atoms with Crippen LogP contribution in [-0.2, 0) is 0 Å². The minimum Gasteiger partial charge on any atom is -0.464 e. The summed E-state index contributed by atoms with van der Waals surface area (Å²) >= 11 is 0. The van der Waals surface area contributed by atoms with Gasteiger partial charge in [0.2, 0.25) is 0 Å². The lowest BCUT2D eigenvalue weighted by molar-refractivity contribution is 0.413. The molecule has 2 N–H and O–H groups in total. The maximum atomic E-state index is 5.77. The van der Waals surface area contributed by atoms with Gasteiger partial charge in [0.1, 0.15) is 23.4 Å². The van der Waals surface area contributed by atoms with E-state index >= 15 is 0 Å². The van der Waals surface area contributed by atoms with Crippen LogP contribution in [0.2, 0.25) is 0 Å². The first-order valence-corrected chi connectivity index (χ1v) is 4.98. The van der Waals surface area contributed by atoms with Crippen LogP contribution in [-0.4, -0.2) is 16.1 Å². The molecule has 2 heterocycles. The highest BCUT2D eigenvalue weighted by atomic mass is 16.3. The molecule has 0 saturated carbocycles. The molecule has 4 nitrogen and oxygen atoms in total. The fraction of sp³-hybridized carbons (Fsp3) is 0.364.